The van der Waals surface area contributed by atoms with Crippen LogP contribution in [0.3, 0.4) is 0 Å². The Balaban J connectivity index is 4.02. The zero-order valence-electron chi connectivity index (χ0n) is 18.8. The maximum atomic E-state index is 11.4. The van der Waals surface area contributed by atoms with Crippen molar-refractivity contribution in [3.8, 4) is 0 Å². The van der Waals surface area contributed by atoms with Crippen LogP contribution in [0, 0.1) is 0 Å². The summed E-state index contributed by atoms with van der Waals surface area (Å²) in [5, 5.41) is 0. The third kappa shape index (κ3) is 17.6. The lowest BCUT2D eigenvalue weighted by atomic mass is 10.1. The Bertz CT molecular complexity index is 226. The van der Waals surface area contributed by atoms with Gasteiger partial charge < -0.3 is 4.80 Å². The second kappa shape index (κ2) is 19.9. The summed E-state index contributed by atoms with van der Waals surface area (Å²) in [5.74, 6) is 0. The third-order valence-electron chi connectivity index (χ3n) is 5.99. The van der Waals surface area contributed by atoms with Gasteiger partial charge in [-0.1, -0.05) is 136 Å². The second-order valence-electron chi connectivity index (χ2n) is 8.78. The van der Waals surface area contributed by atoms with Gasteiger partial charge in [0.2, 0.25) is 0 Å². The van der Waals surface area contributed by atoms with Crippen molar-refractivity contribution in [1.82, 2.24) is 0 Å². The Labute approximate surface area is 167 Å². The van der Waals surface area contributed by atoms with Gasteiger partial charge in [0.1, 0.15) is 0 Å². The molecule has 1 N–H and O–H groups in total. The van der Waals surface area contributed by atoms with E-state index < -0.39 is 8.32 Å². The molecule has 0 atom stereocenters. The summed E-state index contributed by atoms with van der Waals surface area (Å²) in [6, 6.07) is 3.55. The molecule has 0 aliphatic carbocycles. The molecule has 1 nitrogen and oxygen atoms in total. The standard InChI is InChI=1S/C24H52OSi/c1-4-7-10-13-16-19-22-26(25,23-20-17-14-11-8-5-2)24-21-18-15-12-9-6-3/h25H,4-24H2,1-3H3. The lowest BCUT2D eigenvalue weighted by molar-refractivity contribution is 0.494. The minimum absolute atomic E-state index is 1.18. The first-order valence-corrected chi connectivity index (χ1v) is 15.0. The van der Waals surface area contributed by atoms with Gasteiger partial charge in [0.15, 0.2) is 8.32 Å². The summed E-state index contributed by atoms with van der Waals surface area (Å²) in [4.78, 5) is 11.4. The van der Waals surface area contributed by atoms with Gasteiger partial charge in [-0.2, -0.15) is 0 Å². The van der Waals surface area contributed by atoms with E-state index in [2.05, 4.69) is 20.8 Å². The van der Waals surface area contributed by atoms with Crippen molar-refractivity contribution in [3.63, 3.8) is 0 Å². The number of hydrogen-bond acceptors (Lipinski definition) is 1. The number of unbranched alkanes of at least 4 members (excludes halogenated alkanes) is 15. The van der Waals surface area contributed by atoms with Crippen LogP contribution in [-0.4, -0.2) is 13.1 Å². The lowest BCUT2D eigenvalue weighted by Gasteiger charge is -2.25. The molecule has 0 aliphatic rings. The maximum absolute atomic E-state index is 11.4. The normalized spacial score (nSPS) is 12.0. The fourth-order valence-electron chi connectivity index (χ4n) is 4.08. The van der Waals surface area contributed by atoms with E-state index in [4.69, 9.17) is 0 Å². The van der Waals surface area contributed by atoms with Gasteiger partial charge in [0.25, 0.3) is 0 Å². The molecule has 0 bridgehead atoms. The summed E-state index contributed by atoms with van der Waals surface area (Å²) in [5.41, 5.74) is 0. The van der Waals surface area contributed by atoms with E-state index in [0.29, 0.717) is 0 Å². The van der Waals surface area contributed by atoms with Crippen molar-refractivity contribution >= 4 is 8.32 Å². The molecule has 0 unspecified atom stereocenters. The molecule has 0 spiro atoms. The SMILES string of the molecule is CCCCCCCC[Si](O)(CCCCCCCC)CCCCCCCC. The van der Waals surface area contributed by atoms with E-state index in [-0.39, 0.29) is 0 Å². The van der Waals surface area contributed by atoms with Crippen LogP contribution in [0.5, 0.6) is 0 Å². The van der Waals surface area contributed by atoms with E-state index in [1.807, 2.05) is 0 Å². The Morgan fingerprint density at radius 2 is 0.615 bits per heavy atom. The zero-order chi connectivity index (χ0) is 19.3. The summed E-state index contributed by atoms with van der Waals surface area (Å²) < 4.78 is 0. The van der Waals surface area contributed by atoms with E-state index >= 15 is 0 Å². The average Bonchev–Trinajstić information content (AvgIpc) is 2.64. The molecule has 2 heteroatoms. The predicted molar refractivity (Wildman–Crippen MR) is 123 cm³/mol. The van der Waals surface area contributed by atoms with Crippen molar-refractivity contribution in [1.29, 1.82) is 0 Å². The van der Waals surface area contributed by atoms with Crippen molar-refractivity contribution in [3.05, 3.63) is 0 Å². The highest BCUT2D eigenvalue weighted by atomic mass is 28.4. The zero-order valence-corrected chi connectivity index (χ0v) is 19.8. The Morgan fingerprint density at radius 1 is 0.385 bits per heavy atom. The predicted octanol–water partition coefficient (Wildman–Crippen LogP) is 9.01. The molecule has 0 rings (SSSR count). The van der Waals surface area contributed by atoms with Crippen LogP contribution in [0.4, 0.5) is 0 Å². The smallest absolute Gasteiger partial charge is 0.188 e. The highest BCUT2D eigenvalue weighted by Gasteiger charge is 2.28. The fourth-order valence-corrected chi connectivity index (χ4v) is 7.55. The van der Waals surface area contributed by atoms with Crippen LogP contribution in [0.2, 0.25) is 18.1 Å². The minimum Gasteiger partial charge on any atom is -0.432 e. The van der Waals surface area contributed by atoms with E-state index in [1.54, 1.807) is 0 Å². The van der Waals surface area contributed by atoms with Crippen molar-refractivity contribution in [2.24, 2.45) is 0 Å². The molecule has 158 valence electrons. The summed E-state index contributed by atoms with van der Waals surface area (Å²) in [6.07, 6.45) is 24.4. The van der Waals surface area contributed by atoms with E-state index in [0.717, 1.165) is 0 Å². The molecule has 0 aromatic rings. The van der Waals surface area contributed by atoms with Crippen molar-refractivity contribution in [2.75, 3.05) is 0 Å². The Kier molecular flexibility index (Phi) is 20.1. The fraction of sp³-hybridized carbons (Fsp3) is 1.00. The second-order valence-corrected chi connectivity index (χ2v) is 12.7. The largest absolute Gasteiger partial charge is 0.432 e. The molecular weight excluding hydrogens is 332 g/mol. The molecule has 0 saturated carbocycles. The lowest BCUT2D eigenvalue weighted by Crippen LogP contribution is -2.34. The first kappa shape index (κ1) is 26.2. The molecule has 0 aromatic heterocycles. The minimum atomic E-state index is -1.95. The first-order valence-electron chi connectivity index (χ1n) is 12.4. The quantitative estimate of drug-likeness (QED) is 0.154. The third-order valence-corrected chi connectivity index (χ3v) is 9.84. The van der Waals surface area contributed by atoms with Crippen LogP contribution in [0.25, 0.3) is 0 Å². The first-order chi connectivity index (χ1) is 12.7. The van der Waals surface area contributed by atoms with Gasteiger partial charge >= 0.3 is 0 Å². The molecule has 0 fully saturated rings. The molecule has 0 heterocycles. The van der Waals surface area contributed by atoms with E-state index in [9.17, 15) is 4.80 Å². The van der Waals surface area contributed by atoms with Gasteiger partial charge in [0.05, 0.1) is 0 Å². The van der Waals surface area contributed by atoms with Gasteiger partial charge in [0, 0.05) is 0 Å². The molecule has 0 amide bonds. The van der Waals surface area contributed by atoms with E-state index in [1.165, 1.54) is 134 Å². The maximum Gasteiger partial charge on any atom is 0.188 e. The van der Waals surface area contributed by atoms with Crippen LogP contribution in [-0.2, 0) is 0 Å². The van der Waals surface area contributed by atoms with Gasteiger partial charge in [-0.05, 0) is 18.1 Å². The molecule has 0 aromatic carbocycles. The average molecular weight is 385 g/mol. The van der Waals surface area contributed by atoms with Crippen LogP contribution < -0.4 is 0 Å². The van der Waals surface area contributed by atoms with Gasteiger partial charge in [-0.3, -0.25) is 0 Å². The molecule has 0 aliphatic heterocycles. The topological polar surface area (TPSA) is 20.2 Å². The highest BCUT2D eigenvalue weighted by molar-refractivity contribution is 6.72. The van der Waals surface area contributed by atoms with Crippen LogP contribution in [0.1, 0.15) is 136 Å². The number of rotatable bonds is 21. The molecule has 0 saturated heterocycles. The Morgan fingerprint density at radius 3 is 0.885 bits per heavy atom. The summed E-state index contributed by atoms with van der Waals surface area (Å²) in [6.45, 7) is 6.85. The molecule has 0 radical (unpaired) electrons. The summed E-state index contributed by atoms with van der Waals surface area (Å²) in [7, 11) is -1.95. The highest BCUT2D eigenvalue weighted by Crippen LogP contribution is 2.27. The van der Waals surface area contributed by atoms with Crippen molar-refractivity contribution < 1.29 is 4.80 Å². The van der Waals surface area contributed by atoms with Gasteiger partial charge in [-0.25, -0.2) is 0 Å². The van der Waals surface area contributed by atoms with Crippen LogP contribution >= 0.6 is 0 Å². The summed E-state index contributed by atoms with van der Waals surface area (Å²) >= 11 is 0. The number of hydrogen-bond donors (Lipinski definition) is 1. The van der Waals surface area contributed by atoms with Gasteiger partial charge in [-0.15, -0.1) is 0 Å². The molecule has 26 heavy (non-hydrogen) atoms. The Hall–Kier alpha value is 0.177. The molecular formula is C24H52OSi. The van der Waals surface area contributed by atoms with Crippen molar-refractivity contribution in [2.45, 2.75) is 154 Å². The van der Waals surface area contributed by atoms with Crippen LogP contribution in [0.15, 0.2) is 0 Å². The monoisotopic (exact) mass is 384 g/mol.